The summed E-state index contributed by atoms with van der Waals surface area (Å²) in [5, 5.41) is 8.51. The summed E-state index contributed by atoms with van der Waals surface area (Å²) in [6.07, 6.45) is 0.551. The van der Waals surface area contributed by atoms with Gasteiger partial charge >= 0.3 is 6.16 Å². The third-order valence-electron chi connectivity index (χ3n) is 1.93. The van der Waals surface area contributed by atoms with Crippen LogP contribution < -0.4 is 4.74 Å². The van der Waals surface area contributed by atoms with Gasteiger partial charge in [-0.15, -0.1) is 0 Å². The quantitative estimate of drug-likeness (QED) is 0.594. The van der Waals surface area contributed by atoms with E-state index in [1.54, 1.807) is 6.07 Å². The summed E-state index contributed by atoms with van der Waals surface area (Å²) in [6.45, 7) is 4.02. The first-order valence-corrected chi connectivity index (χ1v) is 4.63. The van der Waals surface area contributed by atoms with Crippen molar-refractivity contribution in [3.05, 3.63) is 29.3 Å². The first kappa shape index (κ1) is 10.6. The van der Waals surface area contributed by atoms with Gasteiger partial charge in [0.2, 0.25) is 0 Å². The Bertz CT molecular complexity index is 331. The van der Waals surface area contributed by atoms with E-state index in [4.69, 9.17) is 5.11 Å². The highest BCUT2D eigenvalue weighted by atomic mass is 16.7. The van der Waals surface area contributed by atoms with Crippen molar-refractivity contribution in [1.29, 1.82) is 0 Å². The molecular weight excluding hydrogens is 180 g/mol. The maximum Gasteiger partial charge on any atom is 0.511 e. The molecule has 1 rings (SSSR count). The fourth-order valence-corrected chi connectivity index (χ4v) is 1.37. The summed E-state index contributed by atoms with van der Waals surface area (Å²) in [4.78, 5) is 10.4. The van der Waals surface area contributed by atoms with E-state index in [9.17, 15) is 4.79 Å². The molecule has 0 saturated heterocycles. The summed E-state index contributed by atoms with van der Waals surface area (Å²) in [5.74, 6) is 0.449. The predicted octanol–water partition coefficient (Wildman–Crippen LogP) is 3.00. The van der Waals surface area contributed by atoms with Crippen molar-refractivity contribution in [3.8, 4) is 5.75 Å². The minimum Gasteiger partial charge on any atom is -0.449 e. The van der Waals surface area contributed by atoms with Crippen molar-refractivity contribution in [2.75, 3.05) is 0 Å². The third-order valence-corrected chi connectivity index (χ3v) is 1.93. The number of rotatable bonds is 3. The van der Waals surface area contributed by atoms with Gasteiger partial charge in [-0.05, 0) is 25.0 Å². The standard InChI is InChI=1S/C11H14O3/c1-3-4-9-7-8(2)5-6-10(9)14-11(12)13/h5-7H,3-4H2,1-2H3,(H,12,13). The Hall–Kier alpha value is -1.51. The van der Waals surface area contributed by atoms with E-state index in [-0.39, 0.29) is 0 Å². The molecule has 0 aliphatic heterocycles. The van der Waals surface area contributed by atoms with Crippen LogP contribution in [0.1, 0.15) is 24.5 Å². The van der Waals surface area contributed by atoms with Crippen LogP contribution in [0.2, 0.25) is 0 Å². The monoisotopic (exact) mass is 194 g/mol. The summed E-state index contributed by atoms with van der Waals surface area (Å²) in [7, 11) is 0. The van der Waals surface area contributed by atoms with Crippen LogP contribution in [0.25, 0.3) is 0 Å². The van der Waals surface area contributed by atoms with E-state index >= 15 is 0 Å². The molecular formula is C11H14O3. The highest BCUT2D eigenvalue weighted by Gasteiger charge is 2.06. The zero-order valence-corrected chi connectivity index (χ0v) is 8.41. The van der Waals surface area contributed by atoms with Gasteiger partial charge in [0.25, 0.3) is 0 Å². The zero-order valence-electron chi connectivity index (χ0n) is 8.41. The molecule has 76 valence electrons. The Kier molecular flexibility index (Phi) is 3.51. The van der Waals surface area contributed by atoms with E-state index in [1.807, 2.05) is 26.0 Å². The van der Waals surface area contributed by atoms with Crippen molar-refractivity contribution >= 4 is 6.16 Å². The normalized spacial score (nSPS) is 9.86. The smallest absolute Gasteiger partial charge is 0.449 e. The van der Waals surface area contributed by atoms with Gasteiger partial charge in [0.1, 0.15) is 5.75 Å². The predicted molar refractivity (Wildman–Crippen MR) is 53.8 cm³/mol. The molecule has 3 nitrogen and oxygen atoms in total. The zero-order chi connectivity index (χ0) is 10.6. The number of hydrogen-bond acceptors (Lipinski definition) is 2. The molecule has 0 amide bonds. The lowest BCUT2D eigenvalue weighted by Crippen LogP contribution is -2.05. The first-order valence-electron chi connectivity index (χ1n) is 4.63. The van der Waals surface area contributed by atoms with Crippen LogP contribution in [-0.2, 0) is 6.42 Å². The molecule has 0 unspecified atom stereocenters. The molecule has 3 heteroatoms. The summed E-state index contributed by atoms with van der Waals surface area (Å²) in [5.41, 5.74) is 2.07. The number of carbonyl (C=O) groups is 1. The van der Waals surface area contributed by atoms with Crippen LogP contribution in [0.5, 0.6) is 5.75 Å². The average molecular weight is 194 g/mol. The molecule has 0 atom stereocenters. The summed E-state index contributed by atoms with van der Waals surface area (Å²) in [6, 6.07) is 5.51. The first-order chi connectivity index (χ1) is 6.63. The van der Waals surface area contributed by atoms with Crippen LogP contribution in [-0.4, -0.2) is 11.3 Å². The lowest BCUT2D eigenvalue weighted by molar-refractivity contribution is 0.144. The molecule has 1 N–H and O–H groups in total. The molecule has 0 radical (unpaired) electrons. The van der Waals surface area contributed by atoms with Crippen molar-refractivity contribution < 1.29 is 14.6 Å². The molecule has 0 fully saturated rings. The summed E-state index contributed by atoms with van der Waals surface area (Å²) < 4.78 is 4.67. The third kappa shape index (κ3) is 2.76. The lowest BCUT2D eigenvalue weighted by Gasteiger charge is -2.07. The van der Waals surface area contributed by atoms with Crippen LogP contribution in [0, 0.1) is 6.92 Å². The molecule has 0 aliphatic rings. The second-order valence-electron chi connectivity index (χ2n) is 3.23. The largest absolute Gasteiger partial charge is 0.511 e. The molecule has 1 aromatic carbocycles. The fraction of sp³-hybridized carbons (Fsp3) is 0.364. The second kappa shape index (κ2) is 4.65. The number of benzene rings is 1. The van der Waals surface area contributed by atoms with Crippen LogP contribution in [0.15, 0.2) is 18.2 Å². The second-order valence-corrected chi connectivity index (χ2v) is 3.23. The molecule has 0 aromatic heterocycles. The van der Waals surface area contributed by atoms with Crippen molar-refractivity contribution in [3.63, 3.8) is 0 Å². The van der Waals surface area contributed by atoms with Gasteiger partial charge in [-0.25, -0.2) is 4.79 Å². The molecule has 0 heterocycles. The van der Waals surface area contributed by atoms with Gasteiger partial charge in [0, 0.05) is 0 Å². The van der Waals surface area contributed by atoms with E-state index < -0.39 is 6.16 Å². The molecule has 1 aromatic rings. The number of ether oxygens (including phenoxy) is 1. The Morgan fingerprint density at radius 2 is 2.21 bits per heavy atom. The highest BCUT2D eigenvalue weighted by molar-refractivity contribution is 5.62. The van der Waals surface area contributed by atoms with E-state index in [0.717, 1.165) is 24.0 Å². The van der Waals surface area contributed by atoms with Crippen molar-refractivity contribution in [2.45, 2.75) is 26.7 Å². The topological polar surface area (TPSA) is 46.5 Å². The SMILES string of the molecule is CCCc1cc(C)ccc1OC(=O)O. The minimum absolute atomic E-state index is 0.449. The van der Waals surface area contributed by atoms with Crippen molar-refractivity contribution in [2.24, 2.45) is 0 Å². The Labute approximate surface area is 83.3 Å². The van der Waals surface area contributed by atoms with Gasteiger partial charge in [0.05, 0.1) is 0 Å². The van der Waals surface area contributed by atoms with Crippen LogP contribution >= 0.6 is 0 Å². The Balaban J connectivity index is 2.95. The van der Waals surface area contributed by atoms with Gasteiger partial charge < -0.3 is 9.84 Å². The molecule has 0 bridgehead atoms. The van der Waals surface area contributed by atoms with Gasteiger partial charge in [-0.3, -0.25) is 0 Å². The number of carboxylic acid groups (broad SMARTS) is 1. The van der Waals surface area contributed by atoms with Crippen LogP contribution in [0.3, 0.4) is 0 Å². The molecule has 0 saturated carbocycles. The maximum atomic E-state index is 10.4. The number of hydrogen-bond donors (Lipinski definition) is 1. The lowest BCUT2D eigenvalue weighted by atomic mass is 10.1. The molecule has 0 aliphatic carbocycles. The van der Waals surface area contributed by atoms with Gasteiger partial charge in [-0.2, -0.15) is 0 Å². The average Bonchev–Trinajstić information content (AvgIpc) is 2.09. The van der Waals surface area contributed by atoms with Gasteiger partial charge in [-0.1, -0.05) is 31.0 Å². The van der Waals surface area contributed by atoms with Crippen molar-refractivity contribution in [1.82, 2.24) is 0 Å². The fourth-order valence-electron chi connectivity index (χ4n) is 1.37. The minimum atomic E-state index is -1.26. The van der Waals surface area contributed by atoms with Crippen LogP contribution in [0.4, 0.5) is 4.79 Å². The van der Waals surface area contributed by atoms with E-state index in [0.29, 0.717) is 5.75 Å². The Morgan fingerprint density at radius 3 is 2.79 bits per heavy atom. The Morgan fingerprint density at radius 1 is 1.50 bits per heavy atom. The maximum absolute atomic E-state index is 10.4. The van der Waals surface area contributed by atoms with Gasteiger partial charge in [0.15, 0.2) is 0 Å². The molecule has 14 heavy (non-hydrogen) atoms. The highest BCUT2D eigenvalue weighted by Crippen LogP contribution is 2.21. The van der Waals surface area contributed by atoms with E-state index in [1.165, 1.54) is 0 Å². The summed E-state index contributed by atoms with van der Waals surface area (Å²) >= 11 is 0. The van der Waals surface area contributed by atoms with E-state index in [2.05, 4.69) is 4.74 Å². The molecule has 0 spiro atoms. The number of aryl methyl sites for hydroxylation is 2.